The molecule has 9 aliphatic carbocycles. The molecule has 13 nitrogen and oxygen atoms in total. The molecule has 19 atom stereocenters. The number of allylic oxidation sites excluding steroid dienone is 13. The molecule has 0 spiro atoms. The normalized spacial score (nSPS) is 33.0. The van der Waals surface area contributed by atoms with Crippen LogP contribution in [0.1, 0.15) is 148 Å². The Morgan fingerprint density at radius 3 is 1.33 bits per heavy atom. The van der Waals surface area contributed by atoms with Crippen LogP contribution < -0.4 is 17.0 Å². The molecule has 476 valence electrons. The van der Waals surface area contributed by atoms with E-state index in [1.807, 2.05) is 36.5 Å². The van der Waals surface area contributed by atoms with Crippen molar-refractivity contribution in [3.05, 3.63) is 131 Å². The summed E-state index contributed by atoms with van der Waals surface area (Å²) >= 11 is 0. The predicted molar refractivity (Wildman–Crippen MR) is 347 cm³/mol. The molecule has 10 rings (SSSR count). The van der Waals surface area contributed by atoms with Crippen molar-refractivity contribution < 1.29 is 82.1 Å². The minimum atomic E-state index is -0.695. The van der Waals surface area contributed by atoms with Crippen LogP contribution in [0.5, 0.6) is 0 Å². The molecule has 4 bridgehead atoms. The van der Waals surface area contributed by atoms with E-state index in [4.69, 9.17) is 30.3 Å². The third-order valence-electron chi connectivity index (χ3n) is 17.7. The number of carbonyl (C=O) groups is 3. The van der Waals surface area contributed by atoms with E-state index in [1.54, 1.807) is 6.08 Å². The fourth-order valence-corrected chi connectivity index (χ4v) is 12.9. The summed E-state index contributed by atoms with van der Waals surface area (Å²) in [6.07, 6.45) is 49.2. The first-order chi connectivity index (χ1) is 39.5. The van der Waals surface area contributed by atoms with Gasteiger partial charge in [0.25, 0.3) is 0 Å². The molecule has 0 amide bonds. The maximum atomic E-state index is 10.8. The van der Waals surface area contributed by atoms with Gasteiger partial charge in [-0.25, -0.2) is 0 Å². The third kappa shape index (κ3) is 31.9. The van der Waals surface area contributed by atoms with E-state index in [0.29, 0.717) is 67.2 Å². The molecule has 4 saturated carbocycles. The molecule has 1 heterocycles. The van der Waals surface area contributed by atoms with Gasteiger partial charge in [0.05, 0.1) is 43.4 Å². The maximum Gasteiger partial charge on any atom is 2.00 e. The number of aliphatic hydroxyl groups excluding tert-OH is 8. The van der Waals surface area contributed by atoms with Crippen LogP contribution >= 0.6 is 0 Å². The van der Waals surface area contributed by atoms with Gasteiger partial charge in [-0.2, -0.15) is 6.42 Å². The Morgan fingerprint density at radius 2 is 0.988 bits per heavy atom. The average molecular weight is 1280 g/mol. The van der Waals surface area contributed by atoms with Crippen molar-refractivity contribution in [2.45, 2.75) is 184 Å². The largest absolute Gasteiger partial charge is 2.00 e. The number of aliphatic carboxylic acids is 1. The minimum absolute atomic E-state index is 0. The SMILES string of the molecule is C=CCC[C@@H]1C=C[C@@H](CC(=O)O)C1.C=CCC[C@@H]1C=C[C@@H](CCO)C1.C=CCC[C@H]1C[C@H](CCO)[C@@H](O)[C@H]1O.C=CCC[C@H]1C[C@H](CCO)[C@H](O)[C@@H]1O.C=CC[CH2-].O=C1CC2C=CC1C2.O=C1C[C@H]2CC=C[C@H]2O1.OC1CC2C=CC1C2.[AlH2].[Br-].[Li].[Mg+2]. The van der Waals surface area contributed by atoms with Gasteiger partial charge in [0.2, 0.25) is 0 Å². The van der Waals surface area contributed by atoms with Crippen LogP contribution in [0.15, 0.2) is 124 Å². The van der Waals surface area contributed by atoms with E-state index in [2.05, 4.69) is 88.4 Å². The molecule has 10 aliphatic rings. The summed E-state index contributed by atoms with van der Waals surface area (Å²) in [6, 6.07) is 0. The fourth-order valence-electron chi connectivity index (χ4n) is 12.9. The number of fused-ring (bicyclic) bond motifs is 5. The monoisotopic (exact) mass is 1280 g/mol. The molecule has 0 aromatic carbocycles. The quantitative estimate of drug-likeness (QED) is 0.0269. The Labute approximate surface area is 566 Å². The van der Waals surface area contributed by atoms with Gasteiger partial charge < -0.3 is 74.6 Å². The first-order valence-corrected chi connectivity index (χ1v) is 30.9. The Bertz CT molecular complexity index is 2030. The summed E-state index contributed by atoms with van der Waals surface area (Å²) in [5.74, 6) is 5.01. The molecular formula is C69H109AlBrLiMgO13. The zero-order valence-electron chi connectivity index (χ0n) is 52.5. The Morgan fingerprint density at radius 1 is 0.547 bits per heavy atom. The molecule has 86 heavy (non-hydrogen) atoms. The number of Topliss-reactive ketones (excluding diaryl/α,β-unsaturated/α-hetero) is 1. The number of hydrogen-bond acceptors (Lipinski definition) is 12. The second kappa shape index (κ2) is 49.7. The van der Waals surface area contributed by atoms with Crippen molar-refractivity contribution in [2.75, 3.05) is 19.8 Å². The first-order valence-electron chi connectivity index (χ1n) is 30.9. The molecular weight excluding hydrogens is 1170 g/mol. The van der Waals surface area contributed by atoms with Crippen molar-refractivity contribution in [3.63, 3.8) is 0 Å². The van der Waals surface area contributed by atoms with E-state index >= 15 is 0 Å². The zero-order chi connectivity index (χ0) is 60.4. The molecule has 1 saturated heterocycles. The van der Waals surface area contributed by atoms with Gasteiger partial charge in [0, 0.05) is 62.9 Å². The number of halogens is 1. The van der Waals surface area contributed by atoms with Crippen LogP contribution in [-0.4, -0.2) is 179 Å². The standard InChI is InChI=1S/2C11H20O3.C11H16O2.C11H18O.C7H8O2.C7H10O.C7H8O.C4H7.Al.BrH.Li.Mg.2H/c2*1-2-3-4-8-7-9(5-6-12)11(14)10(8)13;1-2-3-4-9-5-6-10(7-9)8-11(12)13;1-2-3-4-10-5-6-11(9-10)7-8-12;8-7-4-5-2-1-3-6(5)9-7;2*8-7-4-5-1-2-6(7)3-5;1-3-4-2;;;;;;/h2*2,8-14H,1,3-7H2;2,5-6,9-10H,1,3-4,7-8H2,(H,12,13);2,5-6,10-12H,1,3-4,7-9H2;1,3,5-6H,2,4H2;1-2,5-8H,3-4H2;1-2,5-6H,3-4H2;3H,1-2,4H2;;1H;;;;/q;;;;;;;-1;;;;+2;;/p-1/t8-,9-,10+,11-;8-,9-,10-,11+;9-,10-;10-,11+;5-,6-;;;;;;;;;/m00111........./s1. The number of esters is 1. The summed E-state index contributed by atoms with van der Waals surface area (Å²) < 4.78 is 4.96. The van der Waals surface area contributed by atoms with Crippen molar-refractivity contribution in [3.8, 4) is 0 Å². The van der Waals surface area contributed by atoms with Crippen LogP contribution in [-0.2, 0) is 19.1 Å². The second-order valence-corrected chi connectivity index (χ2v) is 24.0. The summed E-state index contributed by atoms with van der Waals surface area (Å²) in [6.45, 7) is 22.1. The Hall–Kier alpha value is -1.93. The smallest absolute Gasteiger partial charge is 1.00 e. The fraction of sp³-hybridized carbons (Fsp3) is 0.652. The number of carboxylic acid groups (broad SMARTS) is 1. The minimum Gasteiger partial charge on any atom is -1.00 e. The predicted octanol–water partition coefficient (Wildman–Crippen LogP) is 6.23. The Kier molecular flexibility index (Phi) is 49.8. The summed E-state index contributed by atoms with van der Waals surface area (Å²) in [5.41, 5.74) is 0. The Balaban J connectivity index is 0. The van der Waals surface area contributed by atoms with Crippen LogP contribution in [0.2, 0.25) is 0 Å². The van der Waals surface area contributed by atoms with Crippen molar-refractivity contribution in [2.24, 2.45) is 76.9 Å². The molecule has 5 unspecified atom stereocenters. The van der Waals surface area contributed by atoms with E-state index < -0.39 is 30.4 Å². The van der Waals surface area contributed by atoms with Crippen LogP contribution in [0.3, 0.4) is 0 Å². The van der Waals surface area contributed by atoms with Crippen LogP contribution in [0.4, 0.5) is 0 Å². The van der Waals surface area contributed by atoms with Crippen molar-refractivity contribution in [1.29, 1.82) is 0 Å². The molecule has 17 heteroatoms. The number of ketones is 1. The van der Waals surface area contributed by atoms with Gasteiger partial charge in [0.15, 0.2) is 0 Å². The molecule has 5 fully saturated rings. The molecule has 2 radical (unpaired) electrons. The number of carbonyl (C=O) groups excluding carboxylic acids is 2. The van der Waals surface area contributed by atoms with E-state index in [-0.39, 0.29) is 144 Å². The molecule has 9 N–H and O–H groups in total. The van der Waals surface area contributed by atoms with Gasteiger partial charge in [-0.1, -0.05) is 79.0 Å². The van der Waals surface area contributed by atoms with Gasteiger partial charge in [0.1, 0.15) is 29.2 Å². The van der Waals surface area contributed by atoms with E-state index in [0.717, 1.165) is 115 Å². The van der Waals surface area contributed by atoms with Crippen LogP contribution in [0.25, 0.3) is 0 Å². The third-order valence-corrected chi connectivity index (χ3v) is 17.7. The summed E-state index contributed by atoms with van der Waals surface area (Å²) in [7, 11) is 0. The van der Waals surface area contributed by atoms with Gasteiger partial charge in [-0.3, -0.25) is 14.4 Å². The number of ether oxygens (including phenoxy) is 1. The molecule has 0 aromatic rings. The van der Waals surface area contributed by atoms with Gasteiger partial charge in [-0.05, 0) is 187 Å². The molecule has 0 aromatic heterocycles. The first kappa shape index (κ1) is 86.1. The number of hydrogen-bond donors (Lipinski definition) is 9. The van der Waals surface area contributed by atoms with Crippen LogP contribution in [0, 0.1) is 83.9 Å². The average Bonchev–Trinajstić information content (AvgIpc) is 4.45. The second-order valence-electron chi connectivity index (χ2n) is 24.0. The van der Waals surface area contributed by atoms with Gasteiger partial charge in [-0.15, -0.1) is 39.0 Å². The summed E-state index contributed by atoms with van der Waals surface area (Å²) in [4.78, 5) is 31.8. The van der Waals surface area contributed by atoms with E-state index in [1.165, 1.54) is 19.3 Å². The number of carboxylic acids is 1. The molecule has 1 aliphatic heterocycles. The van der Waals surface area contributed by atoms with Crippen molar-refractivity contribution in [1.82, 2.24) is 0 Å². The summed E-state index contributed by atoms with van der Waals surface area (Å²) in [5, 5.41) is 82.8. The maximum absolute atomic E-state index is 10.8. The van der Waals surface area contributed by atoms with E-state index in [9.17, 15) is 34.8 Å². The topological polar surface area (TPSA) is 243 Å². The van der Waals surface area contributed by atoms with Crippen molar-refractivity contribution >= 4 is 77.0 Å². The van der Waals surface area contributed by atoms with Gasteiger partial charge >= 0.3 is 35.0 Å². The number of aliphatic hydroxyl groups is 8. The number of rotatable bonds is 21. The zero-order valence-corrected chi connectivity index (χ0v) is 57.5.